The number of carbonyl (C=O) groups excluding carboxylic acids is 1. The van der Waals surface area contributed by atoms with Gasteiger partial charge < -0.3 is 15.1 Å². The van der Waals surface area contributed by atoms with E-state index in [2.05, 4.69) is 58.5 Å². The fourth-order valence-corrected chi connectivity index (χ4v) is 3.45. The maximum Gasteiger partial charge on any atom is 0.274 e. The van der Waals surface area contributed by atoms with Crippen molar-refractivity contribution in [2.75, 3.05) is 36.4 Å². The van der Waals surface area contributed by atoms with Gasteiger partial charge in [-0.25, -0.2) is 0 Å². The molecule has 0 atom stereocenters. The minimum Gasteiger partial charge on any atom is -0.368 e. The predicted octanol–water partition coefficient (Wildman–Crippen LogP) is 3.80. The highest BCUT2D eigenvalue weighted by Crippen LogP contribution is 2.19. The molecule has 2 heterocycles. The maximum atomic E-state index is 12.8. The van der Waals surface area contributed by atoms with Crippen molar-refractivity contribution in [3.8, 4) is 0 Å². The molecule has 4 rings (SSSR count). The summed E-state index contributed by atoms with van der Waals surface area (Å²) in [5.74, 6) is 0.557. The van der Waals surface area contributed by atoms with Crippen LogP contribution in [0.3, 0.4) is 0 Å². The van der Waals surface area contributed by atoms with E-state index in [4.69, 9.17) is 0 Å². The smallest absolute Gasteiger partial charge is 0.274 e. The first-order chi connectivity index (χ1) is 14.1. The Labute approximate surface area is 171 Å². The molecule has 6 heteroatoms. The van der Waals surface area contributed by atoms with Gasteiger partial charge in [0.05, 0.1) is 0 Å². The molecular formula is C23H25N5O. The highest BCUT2D eigenvalue weighted by molar-refractivity contribution is 5.92. The van der Waals surface area contributed by atoms with Gasteiger partial charge in [0.25, 0.3) is 5.91 Å². The zero-order valence-electron chi connectivity index (χ0n) is 16.8. The number of benzene rings is 2. The molecule has 1 aliphatic heterocycles. The summed E-state index contributed by atoms with van der Waals surface area (Å²) in [6.07, 6.45) is 0. The van der Waals surface area contributed by atoms with Crippen LogP contribution in [0.15, 0.2) is 60.7 Å². The minimum atomic E-state index is -0.0667. The summed E-state index contributed by atoms with van der Waals surface area (Å²) in [4.78, 5) is 16.9. The van der Waals surface area contributed by atoms with E-state index in [1.807, 2.05) is 29.2 Å². The van der Waals surface area contributed by atoms with Gasteiger partial charge in [-0.05, 0) is 61.4 Å². The number of nitrogens with zero attached hydrogens (tertiary/aromatic N) is 4. The second-order valence-electron chi connectivity index (χ2n) is 7.34. The molecule has 1 aliphatic rings. The number of nitrogens with one attached hydrogen (secondary N) is 1. The lowest BCUT2D eigenvalue weighted by molar-refractivity contribution is 0.0739. The van der Waals surface area contributed by atoms with Gasteiger partial charge in [0.2, 0.25) is 0 Å². The molecule has 1 fully saturated rings. The molecule has 0 spiro atoms. The third kappa shape index (κ3) is 4.37. The topological polar surface area (TPSA) is 61.4 Å². The van der Waals surface area contributed by atoms with Crippen molar-refractivity contribution in [1.82, 2.24) is 15.1 Å². The first-order valence-corrected chi connectivity index (χ1v) is 9.87. The monoisotopic (exact) mass is 387 g/mol. The predicted molar refractivity (Wildman–Crippen MR) is 116 cm³/mol. The Bertz CT molecular complexity index is 980. The van der Waals surface area contributed by atoms with E-state index >= 15 is 0 Å². The van der Waals surface area contributed by atoms with Crippen LogP contribution in [0, 0.1) is 13.8 Å². The van der Waals surface area contributed by atoms with Gasteiger partial charge in [-0.3, -0.25) is 4.79 Å². The number of amides is 1. The zero-order chi connectivity index (χ0) is 20.2. The number of aryl methyl sites for hydroxylation is 2. The normalized spacial score (nSPS) is 14.0. The largest absolute Gasteiger partial charge is 0.368 e. The Hall–Kier alpha value is -3.41. The van der Waals surface area contributed by atoms with Crippen LogP contribution in [-0.2, 0) is 0 Å². The van der Waals surface area contributed by atoms with Crippen LogP contribution in [0.5, 0.6) is 0 Å². The van der Waals surface area contributed by atoms with Crippen LogP contribution in [0.4, 0.5) is 17.2 Å². The lowest BCUT2D eigenvalue weighted by Crippen LogP contribution is -2.49. The maximum absolute atomic E-state index is 12.8. The van der Waals surface area contributed by atoms with Crippen LogP contribution < -0.4 is 10.2 Å². The number of rotatable bonds is 4. The molecule has 0 saturated carbocycles. The van der Waals surface area contributed by atoms with E-state index in [0.717, 1.165) is 18.8 Å². The molecule has 0 unspecified atom stereocenters. The summed E-state index contributed by atoms with van der Waals surface area (Å²) in [7, 11) is 0. The van der Waals surface area contributed by atoms with Crippen LogP contribution in [-0.4, -0.2) is 47.2 Å². The van der Waals surface area contributed by atoms with E-state index in [9.17, 15) is 4.79 Å². The highest BCUT2D eigenvalue weighted by Gasteiger charge is 2.23. The van der Waals surface area contributed by atoms with Crippen molar-refractivity contribution < 1.29 is 4.79 Å². The summed E-state index contributed by atoms with van der Waals surface area (Å²) in [5.41, 5.74) is 4.99. The van der Waals surface area contributed by atoms with Gasteiger partial charge in [0, 0.05) is 37.6 Å². The van der Waals surface area contributed by atoms with E-state index in [1.165, 1.54) is 16.8 Å². The summed E-state index contributed by atoms with van der Waals surface area (Å²) < 4.78 is 0. The molecule has 3 aromatic rings. The Morgan fingerprint density at radius 2 is 1.62 bits per heavy atom. The zero-order valence-corrected chi connectivity index (χ0v) is 16.8. The van der Waals surface area contributed by atoms with Crippen molar-refractivity contribution in [1.29, 1.82) is 0 Å². The van der Waals surface area contributed by atoms with E-state index in [0.29, 0.717) is 24.6 Å². The average molecular weight is 387 g/mol. The molecule has 0 radical (unpaired) electrons. The summed E-state index contributed by atoms with van der Waals surface area (Å²) in [5, 5.41) is 11.6. The van der Waals surface area contributed by atoms with Crippen molar-refractivity contribution in [2.45, 2.75) is 13.8 Å². The second-order valence-corrected chi connectivity index (χ2v) is 7.34. The molecule has 29 heavy (non-hydrogen) atoms. The summed E-state index contributed by atoms with van der Waals surface area (Å²) >= 11 is 0. The van der Waals surface area contributed by atoms with Gasteiger partial charge >= 0.3 is 0 Å². The molecule has 1 amide bonds. The molecule has 0 aliphatic carbocycles. The molecule has 1 saturated heterocycles. The van der Waals surface area contributed by atoms with Crippen LogP contribution in [0.2, 0.25) is 0 Å². The molecule has 0 bridgehead atoms. The Balaban J connectivity index is 1.36. The molecular weight excluding hydrogens is 362 g/mol. The van der Waals surface area contributed by atoms with Crippen LogP contribution >= 0.6 is 0 Å². The van der Waals surface area contributed by atoms with Gasteiger partial charge in [-0.2, -0.15) is 0 Å². The standard InChI is InChI=1S/C23H25N5O/c1-17-8-9-19(16-18(17)2)24-22-11-10-21(25-26-22)23(29)28-14-12-27(13-15-28)20-6-4-3-5-7-20/h3-11,16H,12-15H2,1-2H3,(H,24,26). The van der Waals surface area contributed by atoms with Crippen molar-refractivity contribution in [3.05, 3.63) is 77.5 Å². The Morgan fingerprint density at radius 1 is 0.862 bits per heavy atom. The van der Waals surface area contributed by atoms with Gasteiger partial charge in [-0.1, -0.05) is 24.3 Å². The minimum absolute atomic E-state index is 0.0667. The van der Waals surface area contributed by atoms with E-state index < -0.39 is 0 Å². The van der Waals surface area contributed by atoms with Crippen LogP contribution in [0.1, 0.15) is 21.6 Å². The fourth-order valence-electron chi connectivity index (χ4n) is 3.45. The number of carbonyl (C=O) groups is 1. The lowest BCUT2D eigenvalue weighted by atomic mass is 10.1. The van der Waals surface area contributed by atoms with Crippen LogP contribution in [0.25, 0.3) is 0 Å². The third-order valence-electron chi connectivity index (χ3n) is 5.35. The lowest BCUT2D eigenvalue weighted by Gasteiger charge is -2.35. The summed E-state index contributed by atoms with van der Waals surface area (Å²) in [6, 6.07) is 20.0. The van der Waals surface area contributed by atoms with E-state index in [1.54, 1.807) is 12.1 Å². The third-order valence-corrected chi connectivity index (χ3v) is 5.35. The number of anilines is 3. The van der Waals surface area contributed by atoms with E-state index in [-0.39, 0.29) is 5.91 Å². The first-order valence-electron chi connectivity index (χ1n) is 9.87. The van der Waals surface area contributed by atoms with Gasteiger partial charge in [0.15, 0.2) is 11.5 Å². The molecule has 1 N–H and O–H groups in total. The Morgan fingerprint density at radius 3 is 2.28 bits per heavy atom. The van der Waals surface area contributed by atoms with Crippen molar-refractivity contribution >= 4 is 23.1 Å². The molecule has 2 aromatic carbocycles. The van der Waals surface area contributed by atoms with Crippen molar-refractivity contribution in [2.24, 2.45) is 0 Å². The summed E-state index contributed by atoms with van der Waals surface area (Å²) in [6.45, 7) is 7.14. The Kier molecular flexibility index (Phi) is 5.42. The second kappa shape index (κ2) is 8.31. The number of aromatic nitrogens is 2. The number of para-hydroxylation sites is 1. The van der Waals surface area contributed by atoms with Gasteiger partial charge in [0.1, 0.15) is 0 Å². The highest BCUT2D eigenvalue weighted by atomic mass is 16.2. The molecule has 6 nitrogen and oxygen atoms in total. The SMILES string of the molecule is Cc1ccc(Nc2ccc(C(=O)N3CCN(c4ccccc4)CC3)nn2)cc1C. The number of hydrogen-bond acceptors (Lipinski definition) is 5. The fraction of sp³-hybridized carbons (Fsp3) is 0.261. The molecule has 1 aromatic heterocycles. The molecule has 148 valence electrons. The van der Waals surface area contributed by atoms with Crippen molar-refractivity contribution in [3.63, 3.8) is 0 Å². The number of hydrogen-bond donors (Lipinski definition) is 1. The first kappa shape index (κ1) is 18.9. The quantitative estimate of drug-likeness (QED) is 0.738. The van der Waals surface area contributed by atoms with Gasteiger partial charge in [-0.15, -0.1) is 10.2 Å². The average Bonchev–Trinajstić information content (AvgIpc) is 2.77. The number of piperazine rings is 1.